The summed E-state index contributed by atoms with van der Waals surface area (Å²) in [4.78, 5) is 37.0. The fourth-order valence-corrected chi connectivity index (χ4v) is 4.53. The highest BCUT2D eigenvalue weighted by Crippen LogP contribution is 2.41. The van der Waals surface area contributed by atoms with Gasteiger partial charge in [0.2, 0.25) is 0 Å². The maximum absolute atomic E-state index is 13.8. The maximum Gasteiger partial charge on any atom is 0.293 e. The Morgan fingerprint density at radius 2 is 1.56 bits per heavy atom. The van der Waals surface area contributed by atoms with Crippen LogP contribution in [0.2, 0.25) is 0 Å². The van der Waals surface area contributed by atoms with Gasteiger partial charge in [-0.2, -0.15) is 0 Å². The molecule has 0 aliphatic heterocycles. The first-order valence-corrected chi connectivity index (χ1v) is 14.2. The zero-order chi connectivity index (χ0) is 29.7. The molecule has 0 spiro atoms. The molecule has 1 saturated carbocycles. The van der Waals surface area contributed by atoms with Gasteiger partial charge in [-0.05, 0) is 61.6 Å². The molecule has 3 aromatic rings. The maximum atomic E-state index is 13.8. The minimum atomic E-state index is -2.34. The molecule has 8 nitrogen and oxygen atoms in total. The van der Waals surface area contributed by atoms with Crippen LogP contribution in [0.25, 0.3) is 11.1 Å². The van der Waals surface area contributed by atoms with Crippen LogP contribution >= 0.6 is 0 Å². The molecule has 0 heterocycles. The molecule has 0 radical (unpaired) electrons. The number of amides is 2. The van der Waals surface area contributed by atoms with Gasteiger partial charge in [0.25, 0.3) is 24.0 Å². The van der Waals surface area contributed by atoms with Gasteiger partial charge in [0.15, 0.2) is 0 Å². The van der Waals surface area contributed by atoms with Crippen molar-refractivity contribution in [3.05, 3.63) is 90.0 Å². The van der Waals surface area contributed by atoms with Crippen molar-refractivity contribution in [2.75, 3.05) is 13.2 Å². The Morgan fingerprint density at radius 1 is 0.927 bits per heavy atom. The molecule has 4 rings (SSSR count). The number of hydrogen-bond donors (Lipinski definition) is 2. The summed E-state index contributed by atoms with van der Waals surface area (Å²) < 4.78 is 10.1. The molecule has 3 N–H and O–H groups in total. The topological polar surface area (TPSA) is 119 Å². The van der Waals surface area contributed by atoms with E-state index in [2.05, 4.69) is 11.7 Å². The van der Waals surface area contributed by atoms with Crippen LogP contribution in [0.3, 0.4) is 0 Å². The average Bonchev–Trinajstić information content (AvgIpc) is 3.83. The van der Waals surface area contributed by atoms with Gasteiger partial charge in [-0.15, -0.1) is 0 Å². The third kappa shape index (κ3) is 8.17. The van der Waals surface area contributed by atoms with Crippen molar-refractivity contribution in [3.8, 4) is 16.9 Å². The second kappa shape index (κ2) is 15.6. The number of ether oxygens (including phenoxy) is 2. The van der Waals surface area contributed by atoms with Crippen LogP contribution in [0, 0.1) is 0 Å². The van der Waals surface area contributed by atoms with E-state index in [1.165, 1.54) is 4.90 Å². The van der Waals surface area contributed by atoms with E-state index in [9.17, 15) is 19.5 Å². The highest BCUT2D eigenvalue weighted by Gasteiger charge is 2.52. The smallest absolute Gasteiger partial charge is 0.293 e. The first kappa shape index (κ1) is 31.4. The van der Waals surface area contributed by atoms with Crippen LogP contribution in [-0.4, -0.2) is 47.5 Å². The minimum Gasteiger partial charge on any atom is -0.493 e. The van der Waals surface area contributed by atoms with Crippen molar-refractivity contribution in [1.82, 2.24) is 4.90 Å². The summed E-state index contributed by atoms with van der Waals surface area (Å²) in [6.45, 7) is 5.25. The molecule has 1 unspecified atom stereocenters. The summed E-state index contributed by atoms with van der Waals surface area (Å²) in [6.07, 6.45) is 5.49. The Bertz CT molecular complexity index is 1260. The van der Waals surface area contributed by atoms with Crippen LogP contribution in [0.4, 0.5) is 0 Å². The summed E-state index contributed by atoms with van der Waals surface area (Å²) in [6, 6.07) is 23.5. The lowest BCUT2D eigenvalue weighted by Gasteiger charge is -2.38. The van der Waals surface area contributed by atoms with Gasteiger partial charge in [-0.3, -0.25) is 19.3 Å². The summed E-state index contributed by atoms with van der Waals surface area (Å²) >= 11 is 0. The zero-order valence-corrected chi connectivity index (χ0v) is 23.8. The van der Waals surface area contributed by atoms with Crippen LogP contribution in [0.1, 0.15) is 68.3 Å². The largest absolute Gasteiger partial charge is 0.493 e. The molecule has 3 aromatic carbocycles. The monoisotopic (exact) mass is 560 g/mol. The quantitative estimate of drug-likeness (QED) is 0.154. The van der Waals surface area contributed by atoms with E-state index in [-0.39, 0.29) is 11.6 Å². The molecule has 1 atom stereocenters. The predicted molar refractivity (Wildman–Crippen MR) is 158 cm³/mol. The molecule has 0 saturated heterocycles. The van der Waals surface area contributed by atoms with E-state index in [0.717, 1.165) is 36.8 Å². The molecular formula is C33H40N2O6. The molecule has 8 heteroatoms. The van der Waals surface area contributed by atoms with Crippen molar-refractivity contribution >= 4 is 18.3 Å². The van der Waals surface area contributed by atoms with Crippen molar-refractivity contribution in [2.24, 2.45) is 5.73 Å². The number of hydrogen-bond acceptors (Lipinski definition) is 6. The van der Waals surface area contributed by atoms with Gasteiger partial charge in [0, 0.05) is 11.6 Å². The number of carbonyl (C=O) groups is 3. The molecule has 0 bridgehead atoms. The minimum absolute atomic E-state index is 0.189. The Balaban J connectivity index is 0.000000850. The number of primary amides is 1. The zero-order valence-electron chi connectivity index (χ0n) is 23.8. The van der Waals surface area contributed by atoms with Crippen molar-refractivity contribution in [1.29, 1.82) is 0 Å². The molecule has 1 aliphatic rings. The first-order chi connectivity index (χ1) is 19.9. The second-order valence-corrected chi connectivity index (χ2v) is 9.84. The highest BCUT2D eigenvalue weighted by atomic mass is 16.5. The van der Waals surface area contributed by atoms with Crippen LogP contribution < -0.4 is 10.5 Å². The van der Waals surface area contributed by atoms with E-state index in [1.807, 2.05) is 42.5 Å². The Hall–Kier alpha value is -4.17. The average molecular weight is 561 g/mol. The number of carbonyl (C=O) groups excluding carboxylic acids is 3. The summed E-state index contributed by atoms with van der Waals surface area (Å²) in [7, 11) is 0. The third-order valence-corrected chi connectivity index (χ3v) is 6.81. The number of nitrogens with two attached hydrogens (primary N) is 1. The molecule has 2 amide bonds. The Labute approximate surface area is 242 Å². The standard InChI is InChI=1S/C30H34N2O4.C3H6O2/c1-2-3-4-10-21-36-27-14-9-8-13-26(27)30(35,29(31)34)32(25-19-20-25)28(33)24-17-15-23(16-18-24)22-11-6-5-7-12-22;1-2-5-3-4/h5-9,11-18,25,35H,2-4,10,19-21H2,1H3,(H2,31,34);3H,2H2,1H3. The SMILES string of the molecule is CCCCCCOc1ccccc1C(O)(C(N)=O)N(C(=O)c1ccc(-c2ccccc2)cc1)C1CC1.CCOC=O. The number of aliphatic hydroxyl groups is 1. The summed E-state index contributed by atoms with van der Waals surface area (Å²) in [5.41, 5.74) is 6.04. The third-order valence-electron chi connectivity index (χ3n) is 6.81. The molecule has 218 valence electrons. The molecule has 41 heavy (non-hydrogen) atoms. The number of para-hydroxylation sites is 1. The number of rotatable bonds is 14. The van der Waals surface area contributed by atoms with Crippen LogP contribution in [0.15, 0.2) is 78.9 Å². The first-order valence-electron chi connectivity index (χ1n) is 14.2. The van der Waals surface area contributed by atoms with Gasteiger partial charge in [-0.1, -0.05) is 80.8 Å². The highest BCUT2D eigenvalue weighted by molar-refractivity contribution is 5.99. The normalized spacial score (nSPS) is 13.6. The lowest BCUT2D eigenvalue weighted by atomic mass is 9.96. The number of unbranched alkanes of at least 4 members (excludes halogenated alkanes) is 3. The van der Waals surface area contributed by atoms with E-state index < -0.39 is 17.5 Å². The molecule has 1 fully saturated rings. The van der Waals surface area contributed by atoms with E-state index >= 15 is 0 Å². The van der Waals surface area contributed by atoms with Gasteiger partial charge in [-0.25, -0.2) is 0 Å². The number of benzene rings is 3. The summed E-state index contributed by atoms with van der Waals surface area (Å²) in [5, 5.41) is 11.9. The summed E-state index contributed by atoms with van der Waals surface area (Å²) in [5.74, 6) is -1.10. The predicted octanol–water partition coefficient (Wildman–Crippen LogP) is 5.43. The lowest BCUT2D eigenvalue weighted by molar-refractivity contribution is -0.158. The van der Waals surface area contributed by atoms with Gasteiger partial charge in [0.05, 0.1) is 18.8 Å². The fourth-order valence-electron chi connectivity index (χ4n) is 4.53. The second-order valence-electron chi connectivity index (χ2n) is 9.84. The van der Waals surface area contributed by atoms with E-state index in [0.29, 0.717) is 43.8 Å². The van der Waals surface area contributed by atoms with Gasteiger partial charge < -0.3 is 20.3 Å². The molecule has 0 aromatic heterocycles. The Kier molecular flexibility index (Phi) is 11.9. The van der Waals surface area contributed by atoms with Crippen LogP contribution in [-0.2, 0) is 20.1 Å². The Morgan fingerprint density at radius 3 is 2.12 bits per heavy atom. The molecule has 1 aliphatic carbocycles. The van der Waals surface area contributed by atoms with Crippen molar-refractivity contribution in [3.63, 3.8) is 0 Å². The van der Waals surface area contributed by atoms with Crippen molar-refractivity contribution < 1.29 is 29.0 Å². The molecular weight excluding hydrogens is 520 g/mol. The van der Waals surface area contributed by atoms with E-state index in [1.54, 1.807) is 43.3 Å². The van der Waals surface area contributed by atoms with Crippen molar-refractivity contribution in [2.45, 2.75) is 64.1 Å². The van der Waals surface area contributed by atoms with Gasteiger partial charge in [0.1, 0.15) is 5.75 Å². The lowest BCUT2D eigenvalue weighted by Crippen LogP contribution is -2.58. The van der Waals surface area contributed by atoms with Gasteiger partial charge >= 0.3 is 0 Å². The van der Waals surface area contributed by atoms with E-state index in [4.69, 9.17) is 10.5 Å². The number of nitrogens with zero attached hydrogens (tertiary/aromatic N) is 1. The van der Waals surface area contributed by atoms with Crippen LogP contribution in [0.5, 0.6) is 5.75 Å². The fraction of sp³-hybridized carbons (Fsp3) is 0.364.